The van der Waals surface area contributed by atoms with Gasteiger partial charge in [-0.15, -0.1) is 0 Å². The maximum absolute atomic E-state index is 11.9. The molecule has 3 heteroatoms. The molecule has 0 radical (unpaired) electrons. The van der Waals surface area contributed by atoms with Gasteiger partial charge in [-0.1, -0.05) is 19.8 Å². The van der Waals surface area contributed by atoms with Crippen molar-refractivity contribution in [3.8, 4) is 0 Å². The Kier molecular flexibility index (Phi) is 4.39. The first kappa shape index (κ1) is 11.5. The molecule has 2 N–H and O–H groups in total. The molecule has 0 heterocycles. The zero-order chi connectivity index (χ0) is 10.6. The lowest BCUT2D eigenvalue weighted by Gasteiger charge is -2.24. The Balaban J connectivity index is 2.36. The zero-order valence-corrected chi connectivity index (χ0v) is 9.33. The van der Waals surface area contributed by atoms with Gasteiger partial charge in [-0.05, 0) is 26.2 Å². The maximum Gasteiger partial charge on any atom is 0.239 e. The molecule has 3 nitrogen and oxygen atoms in total. The van der Waals surface area contributed by atoms with E-state index < -0.39 is 0 Å². The van der Waals surface area contributed by atoms with Crippen molar-refractivity contribution >= 4 is 5.91 Å². The molecular formula is C11H22N2O. The molecule has 0 saturated heterocycles. The molecular weight excluding hydrogens is 176 g/mol. The van der Waals surface area contributed by atoms with E-state index in [1.54, 1.807) is 0 Å². The zero-order valence-electron chi connectivity index (χ0n) is 9.33. The van der Waals surface area contributed by atoms with Gasteiger partial charge in [0.25, 0.3) is 0 Å². The average molecular weight is 198 g/mol. The van der Waals surface area contributed by atoms with Crippen LogP contribution in [0, 0.1) is 0 Å². The molecule has 1 aliphatic rings. The molecule has 0 spiro atoms. The number of rotatable bonds is 6. The Hall–Kier alpha value is -0.570. The summed E-state index contributed by atoms with van der Waals surface area (Å²) in [5.74, 6) is 0.156. The van der Waals surface area contributed by atoms with Gasteiger partial charge in [0, 0.05) is 12.6 Å². The van der Waals surface area contributed by atoms with Gasteiger partial charge in [-0.3, -0.25) is 4.79 Å². The van der Waals surface area contributed by atoms with Crippen molar-refractivity contribution in [1.82, 2.24) is 4.90 Å². The predicted octanol–water partition coefficient (Wildman–Crippen LogP) is 1.51. The van der Waals surface area contributed by atoms with E-state index in [9.17, 15) is 4.79 Å². The number of nitrogens with two attached hydrogens (primary N) is 1. The van der Waals surface area contributed by atoms with Crippen molar-refractivity contribution in [2.75, 3.05) is 6.54 Å². The molecule has 1 saturated carbocycles. The number of hydrogen-bond acceptors (Lipinski definition) is 2. The summed E-state index contributed by atoms with van der Waals surface area (Å²) in [5.41, 5.74) is 5.85. The van der Waals surface area contributed by atoms with Crippen molar-refractivity contribution in [3.63, 3.8) is 0 Å². The van der Waals surface area contributed by atoms with Crippen molar-refractivity contribution in [3.05, 3.63) is 0 Å². The van der Waals surface area contributed by atoms with E-state index in [1.807, 2.05) is 11.8 Å². The molecule has 14 heavy (non-hydrogen) atoms. The summed E-state index contributed by atoms with van der Waals surface area (Å²) >= 11 is 0. The number of nitrogens with zero attached hydrogens (tertiary/aromatic N) is 1. The normalized spacial score (nSPS) is 17.9. The van der Waals surface area contributed by atoms with Gasteiger partial charge in [0.1, 0.15) is 0 Å². The quantitative estimate of drug-likeness (QED) is 0.703. The first-order valence-corrected chi connectivity index (χ1v) is 5.76. The van der Waals surface area contributed by atoms with E-state index in [0.29, 0.717) is 6.04 Å². The molecule has 0 aliphatic heterocycles. The van der Waals surface area contributed by atoms with Crippen molar-refractivity contribution < 1.29 is 4.79 Å². The van der Waals surface area contributed by atoms with Gasteiger partial charge in [0.05, 0.1) is 6.04 Å². The Labute approximate surface area is 86.6 Å². The van der Waals surface area contributed by atoms with Crippen LogP contribution in [0.15, 0.2) is 0 Å². The highest BCUT2D eigenvalue weighted by molar-refractivity contribution is 5.82. The van der Waals surface area contributed by atoms with Crippen LogP contribution in [0.4, 0.5) is 0 Å². The molecule has 1 aliphatic carbocycles. The number of unbranched alkanes of at least 4 members (excludes halogenated alkanes) is 1. The second-order valence-corrected chi connectivity index (χ2v) is 4.10. The van der Waals surface area contributed by atoms with Gasteiger partial charge in [0.15, 0.2) is 0 Å². The summed E-state index contributed by atoms with van der Waals surface area (Å²) in [5, 5.41) is 0. The lowest BCUT2D eigenvalue weighted by molar-refractivity contribution is -0.133. The number of carbonyl (C=O) groups is 1. The molecule has 0 aromatic heterocycles. The Morgan fingerprint density at radius 1 is 1.50 bits per heavy atom. The van der Waals surface area contributed by atoms with Crippen LogP contribution in [-0.2, 0) is 4.79 Å². The molecule has 0 bridgehead atoms. The largest absolute Gasteiger partial charge is 0.339 e. The van der Waals surface area contributed by atoms with Crippen LogP contribution in [-0.4, -0.2) is 29.4 Å². The minimum atomic E-state index is -0.268. The van der Waals surface area contributed by atoms with Crippen LogP contribution < -0.4 is 5.73 Å². The van der Waals surface area contributed by atoms with Crippen molar-refractivity contribution in [1.29, 1.82) is 0 Å². The molecule has 1 amide bonds. The molecule has 0 aromatic carbocycles. The summed E-state index contributed by atoms with van der Waals surface area (Å²) in [7, 11) is 0. The fraction of sp³-hybridized carbons (Fsp3) is 0.909. The fourth-order valence-electron chi connectivity index (χ4n) is 1.74. The lowest BCUT2D eigenvalue weighted by atomic mass is 10.1. The minimum absolute atomic E-state index is 0.156. The first-order chi connectivity index (χ1) is 6.70. The van der Waals surface area contributed by atoms with Crippen molar-refractivity contribution in [2.24, 2.45) is 5.73 Å². The highest BCUT2D eigenvalue weighted by Crippen LogP contribution is 2.27. The van der Waals surface area contributed by atoms with Gasteiger partial charge in [-0.2, -0.15) is 0 Å². The second-order valence-electron chi connectivity index (χ2n) is 4.10. The molecule has 1 fully saturated rings. The van der Waals surface area contributed by atoms with Gasteiger partial charge in [0.2, 0.25) is 5.91 Å². The van der Waals surface area contributed by atoms with Crippen LogP contribution in [0.5, 0.6) is 0 Å². The Morgan fingerprint density at radius 3 is 2.57 bits per heavy atom. The number of amides is 1. The third-order valence-electron chi connectivity index (χ3n) is 2.80. The van der Waals surface area contributed by atoms with Gasteiger partial charge in [-0.25, -0.2) is 0 Å². The first-order valence-electron chi connectivity index (χ1n) is 5.76. The van der Waals surface area contributed by atoms with Gasteiger partial charge >= 0.3 is 0 Å². The number of hydrogen-bond donors (Lipinski definition) is 1. The predicted molar refractivity (Wildman–Crippen MR) is 57.9 cm³/mol. The highest BCUT2D eigenvalue weighted by Gasteiger charge is 2.33. The van der Waals surface area contributed by atoms with E-state index in [0.717, 1.165) is 25.8 Å². The number of carbonyl (C=O) groups excluding carboxylic acids is 1. The minimum Gasteiger partial charge on any atom is -0.339 e. The van der Waals surface area contributed by atoms with E-state index in [2.05, 4.69) is 6.92 Å². The smallest absolute Gasteiger partial charge is 0.239 e. The topological polar surface area (TPSA) is 46.3 Å². The molecule has 82 valence electrons. The van der Waals surface area contributed by atoms with E-state index in [4.69, 9.17) is 5.73 Å². The summed E-state index contributed by atoms with van der Waals surface area (Å²) in [6.07, 6.45) is 5.32. The average Bonchev–Trinajstić information content (AvgIpc) is 2.99. The van der Waals surface area contributed by atoms with E-state index >= 15 is 0 Å². The fourth-order valence-corrected chi connectivity index (χ4v) is 1.74. The summed E-state index contributed by atoms with van der Waals surface area (Å²) in [4.78, 5) is 13.8. The van der Waals surface area contributed by atoms with Crippen LogP contribution in [0.3, 0.4) is 0 Å². The SMILES string of the molecule is CCCCC(N)C(=O)N(CC)C1CC1. The third-order valence-corrected chi connectivity index (χ3v) is 2.80. The molecule has 1 rings (SSSR count). The standard InChI is InChI=1S/C11H22N2O/c1-3-5-6-10(12)11(14)13(4-2)9-7-8-9/h9-10H,3-8,12H2,1-2H3. The summed E-state index contributed by atoms with van der Waals surface area (Å²) in [6, 6.07) is 0.232. The van der Waals surface area contributed by atoms with E-state index in [1.165, 1.54) is 12.8 Å². The number of likely N-dealkylation sites (N-methyl/N-ethyl adjacent to an activating group) is 1. The second kappa shape index (κ2) is 5.35. The Bertz CT molecular complexity index is 190. The Morgan fingerprint density at radius 2 is 2.14 bits per heavy atom. The van der Waals surface area contributed by atoms with Crippen LogP contribution in [0.25, 0.3) is 0 Å². The van der Waals surface area contributed by atoms with Crippen LogP contribution in [0.2, 0.25) is 0 Å². The molecule has 1 atom stereocenters. The van der Waals surface area contributed by atoms with Crippen molar-refractivity contribution in [2.45, 2.75) is 58.0 Å². The summed E-state index contributed by atoms with van der Waals surface area (Å²) < 4.78 is 0. The third kappa shape index (κ3) is 2.98. The molecule has 1 unspecified atom stereocenters. The highest BCUT2D eigenvalue weighted by atomic mass is 16.2. The summed E-state index contributed by atoms with van der Waals surface area (Å²) in [6.45, 7) is 4.96. The van der Waals surface area contributed by atoms with Crippen LogP contribution in [0.1, 0.15) is 46.0 Å². The molecule has 0 aromatic rings. The maximum atomic E-state index is 11.9. The van der Waals surface area contributed by atoms with E-state index in [-0.39, 0.29) is 11.9 Å². The van der Waals surface area contributed by atoms with Crippen LogP contribution >= 0.6 is 0 Å². The lowest BCUT2D eigenvalue weighted by Crippen LogP contribution is -2.44. The monoisotopic (exact) mass is 198 g/mol. The van der Waals surface area contributed by atoms with Gasteiger partial charge < -0.3 is 10.6 Å².